The predicted molar refractivity (Wildman–Crippen MR) is 116 cm³/mol. The van der Waals surface area contributed by atoms with Crippen LogP contribution in [0.1, 0.15) is 5.56 Å². The van der Waals surface area contributed by atoms with Crippen molar-refractivity contribution in [2.24, 2.45) is 0 Å². The van der Waals surface area contributed by atoms with Crippen molar-refractivity contribution < 1.29 is 9.59 Å². The SMILES string of the molecule is Cc1ccc(N2CCN(CC(=O)N3CCN(c4ccccc4Cl)CC3)C2=O)cc1. The number of hydrogen-bond donors (Lipinski definition) is 0. The summed E-state index contributed by atoms with van der Waals surface area (Å²) in [4.78, 5) is 32.9. The van der Waals surface area contributed by atoms with Crippen molar-refractivity contribution >= 4 is 34.9 Å². The van der Waals surface area contributed by atoms with Crippen molar-refractivity contribution in [2.45, 2.75) is 6.92 Å². The van der Waals surface area contributed by atoms with Gasteiger partial charge in [-0.15, -0.1) is 0 Å². The molecule has 7 heteroatoms. The maximum Gasteiger partial charge on any atom is 0.325 e. The van der Waals surface area contributed by atoms with E-state index in [4.69, 9.17) is 11.6 Å². The molecule has 2 heterocycles. The van der Waals surface area contributed by atoms with Crippen LogP contribution in [0.5, 0.6) is 0 Å². The molecule has 6 nitrogen and oxygen atoms in total. The second-order valence-corrected chi connectivity index (χ2v) is 7.92. The second kappa shape index (κ2) is 8.33. The summed E-state index contributed by atoms with van der Waals surface area (Å²) in [6.45, 7) is 6.06. The predicted octanol–water partition coefficient (Wildman–Crippen LogP) is 3.24. The number of amides is 3. The molecule has 0 saturated carbocycles. The van der Waals surface area contributed by atoms with E-state index in [1.807, 2.05) is 60.4 Å². The lowest BCUT2D eigenvalue weighted by atomic mass is 10.2. The van der Waals surface area contributed by atoms with E-state index < -0.39 is 0 Å². The molecular formula is C22H25ClN4O2. The Balaban J connectivity index is 1.32. The van der Waals surface area contributed by atoms with Crippen molar-refractivity contribution in [3.05, 3.63) is 59.1 Å². The first-order chi connectivity index (χ1) is 14.0. The zero-order chi connectivity index (χ0) is 20.4. The lowest BCUT2D eigenvalue weighted by molar-refractivity contribution is -0.131. The van der Waals surface area contributed by atoms with Gasteiger partial charge in [0.15, 0.2) is 0 Å². The van der Waals surface area contributed by atoms with Crippen LogP contribution in [0.2, 0.25) is 5.02 Å². The first kappa shape index (κ1) is 19.6. The summed E-state index contributed by atoms with van der Waals surface area (Å²) in [6.07, 6.45) is 0. The molecule has 3 amide bonds. The molecule has 0 radical (unpaired) electrons. The van der Waals surface area contributed by atoms with Crippen LogP contribution in [0.15, 0.2) is 48.5 Å². The molecule has 0 aromatic heterocycles. The fourth-order valence-corrected chi connectivity index (χ4v) is 4.12. The van der Waals surface area contributed by atoms with Gasteiger partial charge in [-0.05, 0) is 31.2 Å². The Morgan fingerprint density at radius 2 is 1.62 bits per heavy atom. The van der Waals surface area contributed by atoms with Gasteiger partial charge in [0.05, 0.1) is 10.7 Å². The first-order valence-electron chi connectivity index (χ1n) is 9.93. The number of aryl methyl sites for hydroxylation is 1. The molecule has 0 atom stereocenters. The molecule has 0 unspecified atom stereocenters. The third-order valence-electron chi connectivity index (χ3n) is 5.59. The molecule has 0 aliphatic carbocycles. The van der Waals surface area contributed by atoms with Gasteiger partial charge in [0.2, 0.25) is 5.91 Å². The van der Waals surface area contributed by atoms with Gasteiger partial charge >= 0.3 is 6.03 Å². The Morgan fingerprint density at radius 3 is 2.31 bits per heavy atom. The largest absolute Gasteiger partial charge is 0.367 e. The van der Waals surface area contributed by atoms with Crippen LogP contribution in [0.3, 0.4) is 0 Å². The van der Waals surface area contributed by atoms with Gasteiger partial charge in [0.1, 0.15) is 6.54 Å². The summed E-state index contributed by atoms with van der Waals surface area (Å²) in [5.74, 6) is 0.00270. The number of nitrogens with zero attached hydrogens (tertiary/aromatic N) is 4. The zero-order valence-corrected chi connectivity index (χ0v) is 17.3. The molecular weight excluding hydrogens is 388 g/mol. The Morgan fingerprint density at radius 1 is 0.931 bits per heavy atom. The number of carbonyl (C=O) groups excluding carboxylic acids is 2. The summed E-state index contributed by atoms with van der Waals surface area (Å²) in [5, 5.41) is 0.728. The number of piperazine rings is 1. The summed E-state index contributed by atoms with van der Waals surface area (Å²) in [7, 11) is 0. The molecule has 29 heavy (non-hydrogen) atoms. The van der Waals surface area contributed by atoms with Gasteiger partial charge in [-0.2, -0.15) is 0 Å². The highest BCUT2D eigenvalue weighted by atomic mass is 35.5. The van der Waals surface area contributed by atoms with Gasteiger partial charge in [0, 0.05) is 45.0 Å². The highest BCUT2D eigenvalue weighted by Gasteiger charge is 2.32. The van der Waals surface area contributed by atoms with E-state index in [2.05, 4.69) is 4.90 Å². The first-order valence-corrected chi connectivity index (χ1v) is 10.3. The minimum absolute atomic E-state index is 0.00270. The molecule has 2 fully saturated rings. The number of hydrogen-bond acceptors (Lipinski definition) is 3. The quantitative estimate of drug-likeness (QED) is 0.774. The number of carbonyl (C=O) groups is 2. The molecule has 2 saturated heterocycles. The maximum atomic E-state index is 12.8. The Bertz CT molecular complexity index is 894. The smallest absolute Gasteiger partial charge is 0.325 e. The summed E-state index contributed by atoms with van der Waals surface area (Å²) >= 11 is 6.29. The topological polar surface area (TPSA) is 47.1 Å². The molecule has 2 aliphatic heterocycles. The molecule has 2 aromatic carbocycles. The minimum atomic E-state index is -0.100. The van der Waals surface area contributed by atoms with E-state index >= 15 is 0 Å². The maximum absolute atomic E-state index is 12.8. The van der Waals surface area contributed by atoms with Crippen molar-refractivity contribution in [1.29, 1.82) is 0 Å². The highest BCUT2D eigenvalue weighted by molar-refractivity contribution is 6.33. The molecule has 0 N–H and O–H groups in total. The lowest BCUT2D eigenvalue weighted by Gasteiger charge is -2.37. The molecule has 4 rings (SSSR count). The number of para-hydroxylation sites is 1. The van der Waals surface area contributed by atoms with Crippen molar-refractivity contribution in [1.82, 2.24) is 9.80 Å². The Hall–Kier alpha value is -2.73. The van der Waals surface area contributed by atoms with Gasteiger partial charge < -0.3 is 14.7 Å². The van der Waals surface area contributed by atoms with E-state index in [0.717, 1.165) is 35.1 Å². The number of rotatable bonds is 4. The van der Waals surface area contributed by atoms with E-state index in [1.165, 1.54) is 0 Å². The van der Waals surface area contributed by atoms with Crippen LogP contribution in [-0.4, -0.2) is 67.6 Å². The average molecular weight is 413 g/mol. The Labute approximate surface area is 176 Å². The fourth-order valence-electron chi connectivity index (χ4n) is 3.86. The number of anilines is 2. The van der Waals surface area contributed by atoms with Crippen LogP contribution in [0.25, 0.3) is 0 Å². The van der Waals surface area contributed by atoms with Crippen molar-refractivity contribution in [2.75, 3.05) is 55.6 Å². The molecule has 152 valence electrons. The van der Waals surface area contributed by atoms with Gasteiger partial charge in [-0.1, -0.05) is 41.4 Å². The average Bonchev–Trinajstić information content (AvgIpc) is 3.09. The monoisotopic (exact) mass is 412 g/mol. The fraction of sp³-hybridized carbons (Fsp3) is 0.364. The normalized spacial score (nSPS) is 17.2. The van der Waals surface area contributed by atoms with Gasteiger partial charge in [-0.3, -0.25) is 9.69 Å². The Kier molecular flexibility index (Phi) is 5.62. The summed E-state index contributed by atoms with van der Waals surface area (Å²) in [6, 6.07) is 15.6. The summed E-state index contributed by atoms with van der Waals surface area (Å²) in [5.41, 5.74) is 3.04. The van der Waals surface area contributed by atoms with E-state index in [9.17, 15) is 9.59 Å². The lowest BCUT2D eigenvalue weighted by Crippen LogP contribution is -2.51. The molecule has 0 bridgehead atoms. The highest BCUT2D eigenvalue weighted by Crippen LogP contribution is 2.26. The number of halogens is 1. The van der Waals surface area contributed by atoms with E-state index in [1.54, 1.807) is 9.80 Å². The second-order valence-electron chi connectivity index (χ2n) is 7.51. The molecule has 0 spiro atoms. The number of urea groups is 1. The van der Waals surface area contributed by atoms with Crippen molar-refractivity contribution in [3.8, 4) is 0 Å². The van der Waals surface area contributed by atoms with Gasteiger partial charge in [0.25, 0.3) is 0 Å². The van der Waals surface area contributed by atoms with Crippen LogP contribution in [0.4, 0.5) is 16.2 Å². The van der Waals surface area contributed by atoms with Crippen LogP contribution < -0.4 is 9.80 Å². The number of benzene rings is 2. The third kappa shape index (κ3) is 4.17. The zero-order valence-electron chi connectivity index (χ0n) is 16.6. The molecule has 2 aliphatic rings. The van der Waals surface area contributed by atoms with Crippen LogP contribution in [-0.2, 0) is 4.79 Å². The van der Waals surface area contributed by atoms with E-state index in [0.29, 0.717) is 26.2 Å². The minimum Gasteiger partial charge on any atom is -0.367 e. The van der Waals surface area contributed by atoms with Gasteiger partial charge in [-0.25, -0.2) is 4.79 Å². The standard InChI is InChI=1S/C22H25ClN4O2/c1-17-6-8-18(9-7-17)27-15-14-26(22(27)29)16-21(28)25-12-10-24(11-13-25)20-5-3-2-4-19(20)23/h2-9H,10-16H2,1H3. The molecule has 2 aromatic rings. The van der Waals surface area contributed by atoms with Crippen molar-refractivity contribution in [3.63, 3.8) is 0 Å². The van der Waals surface area contributed by atoms with Crippen LogP contribution in [0, 0.1) is 6.92 Å². The third-order valence-corrected chi connectivity index (χ3v) is 5.91. The van der Waals surface area contributed by atoms with E-state index in [-0.39, 0.29) is 18.5 Å². The summed E-state index contributed by atoms with van der Waals surface area (Å²) < 4.78 is 0. The van der Waals surface area contributed by atoms with Crippen LogP contribution >= 0.6 is 11.6 Å².